The summed E-state index contributed by atoms with van der Waals surface area (Å²) in [6.07, 6.45) is 1.23. The van der Waals surface area contributed by atoms with Gasteiger partial charge in [-0.25, -0.2) is 0 Å². The minimum atomic E-state index is -2.79. The molecule has 4 heteroatoms. The van der Waals surface area contributed by atoms with E-state index in [0.717, 1.165) is 10.6 Å². The lowest BCUT2D eigenvalue weighted by Crippen LogP contribution is -2.67. The lowest BCUT2D eigenvalue weighted by atomic mass is 10.2. The lowest BCUT2D eigenvalue weighted by molar-refractivity contribution is 0.203. The monoisotopic (exact) mass is 512 g/mol. The molecule has 4 aromatic carbocycles. The lowest BCUT2D eigenvalue weighted by Gasteiger charge is -2.44. The van der Waals surface area contributed by atoms with Crippen LogP contribution in [0.4, 0.5) is 0 Å². The summed E-state index contributed by atoms with van der Waals surface area (Å²) in [5.41, 5.74) is 0. The molecule has 1 atom stereocenters. The summed E-state index contributed by atoms with van der Waals surface area (Å²) in [5, 5.41) is 4.27. The molecule has 4 aromatic rings. The molecule has 186 valence electrons. The molecule has 0 aliphatic rings. The SMILES string of the molecule is C[C@@H](CCP(=O)(c1ccccc1)c1ccccc1)O[Si](c1ccccc1)(c1ccccc1)C(C)(C)C. The van der Waals surface area contributed by atoms with E-state index in [2.05, 4.69) is 88.4 Å². The van der Waals surface area contributed by atoms with Crippen LogP contribution in [0, 0.1) is 0 Å². The van der Waals surface area contributed by atoms with Gasteiger partial charge in [-0.2, -0.15) is 0 Å². The predicted octanol–water partition coefficient (Wildman–Crippen LogP) is 6.36. The zero-order valence-corrected chi connectivity index (χ0v) is 23.7. The summed E-state index contributed by atoms with van der Waals surface area (Å²) in [7, 11) is -5.45. The Morgan fingerprint density at radius 1 is 0.667 bits per heavy atom. The van der Waals surface area contributed by atoms with Gasteiger partial charge in [0.25, 0.3) is 8.32 Å². The molecule has 0 amide bonds. The van der Waals surface area contributed by atoms with Crippen LogP contribution in [0.3, 0.4) is 0 Å². The summed E-state index contributed by atoms with van der Waals surface area (Å²) < 4.78 is 21.8. The molecule has 0 heterocycles. The zero-order chi connectivity index (χ0) is 25.7. The quantitative estimate of drug-likeness (QED) is 0.193. The van der Waals surface area contributed by atoms with Crippen LogP contribution >= 0.6 is 7.14 Å². The average Bonchev–Trinajstić information content (AvgIpc) is 2.91. The Kier molecular flexibility index (Phi) is 8.15. The molecule has 2 nitrogen and oxygen atoms in total. The standard InChI is InChI=1S/C32H37O2PSi/c1-27(25-26-35(33,28-17-9-5-10-18-28)29-19-11-6-12-20-29)34-36(32(2,3)4,30-21-13-7-14-22-30)31-23-15-8-16-24-31/h5-24,27H,25-26H2,1-4H3/t27-/m0/s1. The highest BCUT2D eigenvalue weighted by Crippen LogP contribution is 2.45. The van der Waals surface area contributed by atoms with Crippen LogP contribution in [0.15, 0.2) is 121 Å². The van der Waals surface area contributed by atoms with Gasteiger partial charge in [-0.05, 0) is 28.8 Å². The fourth-order valence-corrected chi connectivity index (χ4v) is 12.7. The minimum absolute atomic E-state index is 0.0583. The molecule has 0 N–H and O–H groups in total. The molecule has 0 spiro atoms. The fourth-order valence-electron chi connectivity index (χ4n) is 5.16. The van der Waals surface area contributed by atoms with Gasteiger partial charge in [-0.15, -0.1) is 0 Å². The van der Waals surface area contributed by atoms with Gasteiger partial charge in [-0.3, -0.25) is 0 Å². The van der Waals surface area contributed by atoms with E-state index in [9.17, 15) is 4.57 Å². The maximum atomic E-state index is 14.6. The van der Waals surface area contributed by atoms with Gasteiger partial charge in [0, 0.05) is 22.9 Å². The molecule has 0 saturated heterocycles. The Hall–Kier alpha value is -2.71. The van der Waals surface area contributed by atoms with E-state index in [1.807, 2.05) is 60.7 Å². The van der Waals surface area contributed by atoms with Gasteiger partial charge in [0.15, 0.2) is 0 Å². The second kappa shape index (κ2) is 11.1. The Balaban J connectivity index is 1.70. The van der Waals surface area contributed by atoms with Gasteiger partial charge in [0.05, 0.1) is 0 Å². The number of benzene rings is 4. The van der Waals surface area contributed by atoms with Crippen LogP contribution in [0.25, 0.3) is 0 Å². The first-order chi connectivity index (χ1) is 17.3. The molecule has 0 unspecified atom stereocenters. The first-order valence-electron chi connectivity index (χ1n) is 12.8. The third kappa shape index (κ3) is 5.34. The highest BCUT2D eigenvalue weighted by Gasteiger charge is 2.51. The second-order valence-electron chi connectivity index (χ2n) is 10.5. The maximum Gasteiger partial charge on any atom is 0.261 e. The minimum Gasteiger partial charge on any atom is -0.405 e. The van der Waals surface area contributed by atoms with Crippen molar-refractivity contribution in [2.24, 2.45) is 0 Å². The van der Waals surface area contributed by atoms with Crippen molar-refractivity contribution >= 4 is 36.4 Å². The van der Waals surface area contributed by atoms with E-state index >= 15 is 0 Å². The Bertz CT molecular complexity index is 1190. The molecule has 36 heavy (non-hydrogen) atoms. The van der Waals surface area contributed by atoms with Crippen molar-refractivity contribution in [3.05, 3.63) is 121 Å². The largest absolute Gasteiger partial charge is 0.405 e. The van der Waals surface area contributed by atoms with E-state index in [1.54, 1.807) is 0 Å². The van der Waals surface area contributed by atoms with Crippen molar-refractivity contribution < 1.29 is 8.99 Å². The maximum absolute atomic E-state index is 14.6. The first-order valence-corrected chi connectivity index (χ1v) is 16.6. The third-order valence-electron chi connectivity index (χ3n) is 6.99. The van der Waals surface area contributed by atoms with Crippen LogP contribution in [0.1, 0.15) is 34.1 Å². The molecule has 4 rings (SSSR count). The van der Waals surface area contributed by atoms with E-state index in [4.69, 9.17) is 4.43 Å². The summed E-state index contributed by atoms with van der Waals surface area (Å²) in [5.74, 6) is 0. The second-order valence-corrected chi connectivity index (χ2v) is 17.7. The Labute approximate surface area is 217 Å². The molecule has 0 aromatic heterocycles. The molecule has 0 fully saturated rings. The first kappa shape index (κ1) is 26.4. The van der Waals surface area contributed by atoms with Crippen LogP contribution < -0.4 is 21.0 Å². The molecule has 0 aliphatic carbocycles. The number of hydrogen-bond acceptors (Lipinski definition) is 2. The Morgan fingerprint density at radius 3 is 1.39 bits per heavy atom. The third-order valence-corrected chi connectivity index (χ3v) is 15.3. The van der Waals surface area contributed by atoms with Crippen molar-refractivity contribution in [3.63, 3.8) is 0 Å². The van der Waals surface area contributed by atoms with Crippen LogP contribution in [0.5, 0.6) is 0 Å². The molecule has 0 saturated carbocycles. The van der Waals surface area contributed by atoms with E-state index in [0.29, 0.717) is 12.6 Å². The van der Waals surface area contributed by atoms with Crippen molar-refractivity contribution in [1.29, 1.82) is 0 Å². The topological polar surface area (TPSA) is 26.3 Å². The van der Waals surface area contributed by atoms with E-state index < -0.39 is 15.5 Å². The molecule has 0 aliphatic heterocycles. The van der Waals surface area contributed by atoms with Crippen molar-refractivity contribution in [2.75, 3.05) is 6.16 Å². The van der Waals surface area contributed by atoms with Gasteiger partial charge < -0.3 is 8.99 Å². The van der Waals surface area contributed by atoms with Crippen LogP contribution in [0.2, 0.25) is 5.04 Å². The van der Waals surface area contributed by atoms with Gasteiger partial charge >= 0.3 is 0 Å². The summed E-state index contributed by atoms with van der Waals surface area (Å²) in [4.78, 5) is 0. The highest BCUT2D eigenvalue weighted by molar-refractivity contribution is 7.78. The molecular formula is C32H37O2PSi. The smallest absolute Gasteiger partial charge is 0.261 e. The average molecular weight is 513 g/mol. The van der Waals surface area contributed by atoms with Gasteiger partial charge in [-0.1, -0.05) is 142 Å². The molecule has 0 bridgehead atoms. The molecular weight excluding hydrogens is 475 g/mol. The number of rotatable bonds is 9. The summed E-state index contributed by atoms with van der Waals surface area (Å²) in [6, 6.07) is 41.3. The van der Waals surface area contributed by atoms with Crippen molar-refractivity contribution in [2.45, 2.75) is 45.3 Å². The fraction of sp³-hybridized carbons (Fsp3) is 0.250. The van der Waals surface area contributed by atoms with E-state index in [1.165, 1.54) is 10.4 Å². The number of hydrogen-bond donors (Lipinski definition) is 0. The van der Waals surface area contributed by atoms with E-state index in [-0.39, 0.29) is 11.1 Å². The highest BCUT2D eigenvalue weighted by atomic mass is 31.2. The van der Waals surface area contributed by atoms with Gasteiger partial charge in [0.1, 0.15) is 7.14 Å². The summed E-state index contributed by atoms with van der Waals surface area (Å²) in [6.45, 7) is 9.04. The van der Waals surface area contributed by atoms with Crippen molar-refractivity contribution in [3.8, 4) is 0 Å². The Morgan fingerprint density at radius 2 is 1.03 bits per heavy atom. The van der Waals surface area contributed by atoms with Crippen LogP contribution in [-0.4, -0.2) is 20.6 Å². The predicted molar refractivity (Wildman–Crippen MR) is 157 cm³/mol. The van der Waals surface area contributed by atoms with Crippen molar-refractivity contribution in [1.82, 2.24) is 0 Å². The van der Waals surface area contributed by atoms with Crippen LogP contribution in [-0.2, 0) is 8.99 Å². The normalized spacial score (nSPS) is 13.3. The zero-order valence-electron chi connectivity index (χ0n) is 21.8. The van der Waals surface area contributed by atoms with Gasteiger partial charge in [0.2, 0.25) is 0 Å². The molecule has 0 radical (unpaired) electrons. The summed E-state index contributed by atoms with van der Waals surface area (Å²) >= 11 is 0.